The molecule has 3 aliphatic rings. The quantitative estimate of drug-likeness (QED) is 0.858. The van der Waals surface area contributed by atoms with Crippen molar-refractivity contribution >= 4 is 0 Å². The van der Waals surface area contributed by atoms with Gasteiger partial charge in [-0.05, 0) is 38.1 Å². The van der Waals surface area contributed by atoms with Crippen LogP contribution in [0.1, 0.15) is 51.9 Å². The lowest BCUT2D eigenvalue weighted by Gasteiger charge is -2.39. The molecule has 0 aromatic carbocycles. The Kier molecular flexibility index (Phi) is 4.65. The number of nitrogens with zero attached hydrogens (tertiary/aromatic N) is 1. The van der Waals surface area contributed by atoms with Gasteiger partial charge in [0.15, 0.2) is 5.79 Å². The smallest absolute Gasteiger partial charge is 0.168 e. The summed E-state index contributed by atoms with van der Waals surface area (Å²) < 4.78 is 12.2. The summed E-state index contributed by atoms with van der Waals surface area (Å²) in [7, 11) is 0. The average Bonchev–Trinajstić information content (AvgIpc) is 3.10. The predicted octanol–water partition coefficient (Wildman–Crippen LogP) is 2.12. The lowest BCUT2D eigenvalue weighted by atomic mass is 9.89. The third-order valence-corrected chi connectivity index (χ3v) is 5.51. The van der Waals surface area contributed by atoms with Crippen LogP contribution in [0.4, 0.5) is 0 Å². The van der Waals surface area contributed by atoms with Crippen molar-refractivity contribution in [1.29, 1.82) is 0 Å². The monoisotopic (exact) mass is 282 g/mol. The van der Waals surface area contributed by atoms with Crippen LogP contribution in [-0.4, -0.2) is 49.1 Å². The molecule has 1 aliphatic carbocycles. The molecule has 2 N–H and O–H groups in total. The van der Waals surface area contributed by atoms with Crippen LogP contribution in [0.15, 0.2) is 0 Å². The van der Waals surface area contributed by atoms with E-state index in [4.69, 9.17) is 15.2 Å². The molecule has 3 rings (SSSR count). The van der Waals surface area contributed by atoms with Crippen molar-refractivity contribution in [3.8, 4) is 0 Å². The summed E-state index contributed by atoms with van der Waals surface area (Å²) in [6.45, 7) is 6.01. The molecule has 2 heterocycles. The van der Waals surface area contributed by atoms with E-state index in [1.165, 1.54) is 38.6 Å². The van der Waals surface area contributed by atoms with Gasteiger partial charge in [0.1, 0.15) is 0 Å². The summed E-state index contributed by atoms with van der Waals surface area (Å²) in [6.07, 6.45) is 8.78. The zero-order valence-corrected chi connectivity index (χ0v) is 12.9. The molecule has 3 fully saturated rings. The molecule has 4 heteroatoms. The van der Waals surface area contributed by atoms with Crippen LogP contribution in [-0.2, 0) is 9.47 Å². The molecular formula is C16H30N2O2. The van der Waals surface area contributed by atoms with E-state index in [9.17, 15) is 0 Å². The molecule has 3 atom stereocenters. The van der Waals surface area contributed by atoms with Crippen molar-refractivity contribution in [2.75, 3.05) is 26.2 Å². The van der Waals surface area contributed by atoms with Crippen molar-refractivity contribution < 1.29 is 9.47 Å². The Morgan fingerprint density at radius 1 is 1.30 bits per heavy atom. The van der Waals surface area contributed by atoms with E-state index in [1.54, 1.807) is 0 Å². The Labute approximate surface area is 123 Å². The maximum Gasteiger partial charge on any atom is 0.168 e. The van der Waals surface area contributed by atoms with E-state index >= 15 is 0 Å². The zero-order chi connectivity index (χ0) is 14.0. The highest BCUT2D eigenvalue weighted by Gasteiger charge is 2.44. The molecule has 0 aromatic heterocycles. The fourth-order valence-corrected chi connectivity index (χ4v) is 4.18. The lowest BCUT2D eigenvalue weighted by molar-refractivity contribution is -0.164. The molecule has 0 radical (unpaired) electrons. The predicted molar refractivity (Wildman–Crippen MR) is 79.5 cm³/mol. The molecule has 2 aliphatic heterocycles. The number of piperidine rings is 1. The minimum absolute atomic E-state index is 0.218. The fourth-order valence-electron chi connectivity index (χ4n) is 4.18. The van der Waals surface area contributed by atoms with Crippen LogP contribution in [0, 0.1) is 5.92 Å². The number of nitrogens with two attached hydrogens (primary N) is 1. The van der Waals surface area contributed by atoms with Gasteiger partial charge < -0.3 is 15.2 Å². The molecule has 1 saturated carbocycles. The summed E-state index contributed by atoms with van der Waals surface area (Å²) in [4.78, 5) is 2.55. The molecule has 2 saturated heterocycles. The van der Waals surface area contributed by atoms with Crippen LogP contribution < -0.4 is 5.73 Å². The molecule has 0 bridgehead atoms. The SMILES string of the molecule is CCC1CCN(CC2COC3(CCCC3)O2)C(CN)C1. The second kappa shape index (κ2) is 6.30. The van der Waals surface area contributed by atoms with Crippen molar-refractivity contribution in [3.63, 3.8) is 0 Å². The molecular weight excluding hydrogens is 252 g/mol. The van der Waals surface area contributed by atoms with Crippen molar-refractivity contribution in [2.45, 2.75) is 69.8 Å². The molecule has 116 valence electrons. The van der Waals surface area contributed by atoms with E-state index in [1.807, 2.05) is 0 Å². The summed E-state index contributed by atoms with van der Waals surface area (Å²) in [6, 6.07) is 0.539. The number of hydrogen-bond donors (Lipinski definition) is 1. The van der Waals surface area contributed by atoms with E-state index in [-0.39, 0.29) is 11.9 Å². The highest BCUT2D eigenvalue weighted by atomic mass is 16.7. The van der Waals surface area contributed by atoms with E-state index in [0.29, 0.717) is 6.04 Å². The van der Waals surface area contributed by atoms with Crippen LogP contribution in [0.3, 0.4) is 0 Å². The van der Waals surface area contributed by atoms with Gasteiger partial charge in [0.2, 0.25) is 0 Å². The van der Waals surface area contributed by atoms with Crippen LogP contribution in [0.25, 0.3) is 0 Å². The van der Waals surface area contributed by atoms with E-state index < -0.39 is 0 Å². The minimum atomic E-state index is -0.218. The summed E-state index contributed by atoms with van der Waals surface area (Å²) in [5.41, 5.74) is 5.99. The Hall–Kier alpha value is -0.160. The first-order chi connectivity index (χ1) is 9.74. The Morgan fingerprint density at radius 2 is 2.10 bits per heavy atom. The van der Waals surface area contributed by atoms with Crippen LogP contribution in [0.5, 0.6) is 0 Å². The highest BCUT2D eigenvalue weighted by Crippen LogP contribution is 2.39. The van der Waals surface area contributed by atoms with Gasteiger partial charge in [-0.2, -0.15) is 0 Å². The summed E-state index contributed by atoms with van der Waals surface area (Å²) >= 11 is 0. The maximum absolute atomic E-state index is 6.25. The van der Waals surface area contributed by atoms with Gasteiger partial charge in [-0.25, -0.2) is 0 Å². The van der Waals surface area contributed by atoms with Gasteiger partial charge in [0, 0.05) is 32.0 Å². The van der Waals surface area contributed by atoms with Gasteiger partial charge in [0.25, 0.3) is 0 Å². The zero-order valence-electron chi connectivity index (χ0n) is 12.9. The van der Waals surface area contributed by atoms with Crippen LogP contribution in [0.2, 0.25) is 0 Å². The standard InChI is InChI=1S/C16H30N2O2/c1-2-13-5-8-18(14(9-13)10-17)11-15-12-19-16(20-15)6-3-4-7-16/h13-15H,2-12,17H2,1H3. The normalized spacial score (nSPS) is 37.8. The van der Waals surface area contributed by atoms with E-state index in [2.05, 4.69) is 11.8 Å². The number of likely N-dealkylation sites (tertiary alicyclic amines) is 1. The first kappa shape index (κ1) is 14.8. The number of hydrogen-bond acceptors (Lipinski definition) is 4. The van der Waals surface area contributed by atoms with Gasteiger partial charge in [-0.3, -0.25) is 4.90 Å². The molecule has 4 nitrogen and oxygen atoms in total. The molecule has 0 aromatic rings. The third-order valence-electron chi connectivity index (χ3n) is 5.51. The van der Waals surface area contributed by atoms with Gasteiger partial charge in [-0.15, -0.1) is 0 Å². The highest BCUT2D eigenvalue weighted by molar-refractivity contribution is 4.88. The van der Waals surface area contributed by atoms with Crippen molar-refractivity contribution in [1.82, 2.24) is 4.90 Å². The second-order valence-corrected chi connectivity index (χ2v) is 6.85. The average molecular weight is 282 g/mol. The Balaban J connectivity index is 1.52. The number of rotatable bonds is 4. The minimum Gasteiger partial charge on any atom is -0.347 e. The maximum atomic E-state index is 6.25. The number of ether oxygens (including phenoxy) is 2. The third kappa shape index (κ3) is 3.03. The first-order valence-electron chi connectivity index (χ1n) is 8.50. The van der Waals surface area contributed by atoms with Crippen molar-refractivity contribution in [2.24, 2.45) is 11.7 Å². The second-order valence-electron chi connectivity index (χ2n) is 6.85. The fraction of sp³-hybridized carbons (Fsp3) is 1.00. The topological polar surface area (TPSA) is 47.7 Å². The molecule has 0 amide bonds. The first-order valence-corrected chi connectivity index (χ1v) is 8.50. The van der Waals surface area contributed by atoms with Crippen LogP contribution >= 0.6 is 0 Å². The summed E-state index contributed by atoms with van der Waals surface area (Å²) in [5.74, 6) is 0.645. The summed E-state index contributed by atoms with van der Waals surface area (Å²) in [5, 5.41) is 0. The largest absolute Gasteiger partial charge is 0.347 e. The van der Waals surface area contributed by atoms with Gasteiger partial charge in [-0.1, -0.05) is 13.3 Å². The molecule has 3 unspecified atom stereocenters. The Morgan fingerprint density at radius 3 is 2.80 bits per heavy atom. The molecule has 1 spiro atoms. The molecule has 20 heavy (non-hydrogen) atoms. The van der Waals surface area contributed by atoms with Crippen molar-refractivity contribution in [3.05, 3.63) is 0 Å². The van der Waals surface area contributed by atoms with E-state index in [0.717, 1.165) is 38.5 Å². The van der Waals surface area contributed by atoms with Gasteiger partial charge >= 0.3 is 0 Å². The lowest BCUT2D eigenvalue weighted by Crippen LogP contribution is -2.49. The van der Waals surface area contributed by atoms with Gasteiger partial charge in [0.05, 0.1) is 12.7 Å². The Bertz CT molecular complexity index is 318.